The highest BCUT2D eigenvalue weighted by molar-refractivity contribution is 5.95. The number of nitrogens with zero attached hydrogens (tertiary/aromatic N) is 3. The summed E-state index contributed by atoms with van der Waals surface area (Å²) >= 11 is 0. The number of hydrogen-bond donors (Lipinski definition) is 1. The molecule has 27 heavy (non-hydrogen) atoms. The number of aromatic nitrogens is 1. The number of amides is 1. The molecule has 1 spiro atoms. The number of carbonyl (C=O) groups is 1. The van der Waals surface area contributed by atoms with Gasteiger partial charge in [0, 0.05) is 24.7 Å². The summed E-state index contributed by atoms with van der Waals surface area (Å²) in [6.07, 6.45) is 4.58. The van der Waals surface area contributed by atoms with Crippen LogP contribution in [0.5, 0.6) is 0 Å². The molecule has 2 atom stereocenters. The molecule has 3 fully saturated rings. The number of nitrogens with one attached hydrogen (secondary N) is 1. The molecule has 1 saturated heterocycles. The highest BCUT2D eigenvalue weighted by atomic mass is 16.5. The van der Waals surface area contributed by atoms with Crippen LogP contribution in [0.1, 0.15) is 24.8 Å². The third-order valence-electron chi connectivity index (χ3n) is 6.46. The number of carbonyl (C=O) groups excluding carboxylic acids is 1. The van der Waals surface area contributed by atoms with E-state index in [0.29, 0.717) is 19.0 Å². The first-order valence-corrected chi connectivity index (χ1v) is 9.48. The van der Waals surface area contributed by atoms with Gasteiger partial charge in [0.1, 0.15) is 11.9 Å². The summed E-state index contributed by atoms with van der Waals surface area (Å²) in [6.45, 7) is 1.97. The van der Waals surface area contributed by atoms with Crippen LogP contribution < -0.4 is 5.32 Å². The molecule has 2 aliphatic carbocycles. The van der Waals surface area contributed by atoms with Crippen LogP contribution in [-0.4, -0.2) is 48.6 Å². The summed E-state index contributed by atoms with van der Waals surface area (Å²) in [5.41, 5.74) is 1.02. The average Bonchev–Trinajstić information content (AvgIpc) is 3.59. The molecule has 1 aliphatic heterocycles. The van der Waals surface area contributed by atoms with E-state index in [1.807, 2.05) is 19.2 Å². The maximum Gasteiger partial charge on any atom is 0.255 e. The number of morpholine rings is 1. The van der Waals surface area contributed by atoms with E-state index in [4.69, 9.17) is 4.74 Å². The Balaban J connectivity index is 1.40. The Morgan fingerprint density at radius 3 is 2.93 bits per heavy atom. The van der Waals surface area contributed by atoms with Gasteiger partial charge in [-0.1, -0.05) is 12.1 Å². The maximum atomic E-state index is 12.5. The number of nitriles is 1. The lowest BCUT2D eigenvalue weighted by atomic mass is 9.92. The van der Waals surface area contributed by atoms with Crippen molar-refractivity contribution < 1.29 is 9.53 Å². The Kier molecular flexibility index (Phi) is 3.55. The standard InChI is InChI=1S/C21H22N4O2/c1-25-6-7-27-17(11-25)19(26)24-18-9-15-8-16(3-2-14(15)10-23-18)21(13-22)12-20(21)4-5-20/h2-3,8-10,17H,4-7,11-12H2,1H3,(H,23,24,26)/t17-,21+/m1/s1. The van der Waals surface area contributed by atoms with Crippen LogP contribution in [0.25, 0.3) is 10.8 Å². The summed E-state index contributed by atoms with van der Waals surface area (Å²) in [6, 6.07) is 10.6. The second-order valence-electron chi connectivity index (χ2n) is 8.22. The molecule has 6 heteroatoms. The molecular weight excluding hydrogens is 340 g/mol. The SMILES string of the molecule is CN1CCO[C@@H](C(=O)Nc2cc3cc([C@@]4(C#N)CC45CC5)ccc3cn2)C1. The minimum Gasteiger partial charge on any atom is -0.366 e. The van der Waals surface area contributed by atoms with Crippen molar-refractivity contribution in [2.75, 3.05) is 32.1 Å². The predicted molar refractivity (Wildman–Crippen MR) is 101 cm³/mol. The van der Waals surface area contributed by atoms with Crippen LogP contribution in [0, 0.1) is 16.7 Å². The molecule has 0 bridgehead atoms. The highest BCUT2D eigenvalue weighted by Gasteiger charge is 2.75. The Morgan fingerprint density at radius 2 is 2.22 bits per heavy atom. The van der Waals surface area contributed by atoms with Crippen LogP contribution in [0.2, 0.25) is 0 Å². The lowest BCUT2D eigenvalue weighted by Gasteiger charge is -2.28. The van der Waals surface area contributed by atoms with Gasteiger partial charge in [-0.2, -0.15) is 5.26 Å². The van der Waals surface area contributed by atoms with Gasteiger partial charge in [0.2, 0.25) is 0 Å². The van der Waals surface area contributed by atoms with E-state index in [1.54, 1.807) is 6.20 Å². The lowest BCUT2D eigenvalue weighted by molar-refractivity contribution is -0.132. The zero-order valence-corrected chi connectivity index (χ0v) is 15.4. The molecule has 1 amide bonds. The van der Waals surface area contributed by atoms with Crippen molar-refractivity contribution in [3.8, 4) is 6.07 Å². The van der Waals surface area contributed by atoms with Crippen LogP contribution in [0.3, 0.4) is 0 Å². The third-order valence-corrected chi connectivity index (χ3v) is 6.46. The molecular formula is C21H22N4O2. The number of likely N-dealkylation sites (N-methyl/N-ethyl adjacent to an activating group) is 1. The van der Waals surface area contributed by atoms with Crippen molar-refractivity contribution in [3.63, 3.8) is 0 Å². The van der Waals surface area contributed by atoms with Gasteiger partial charge in [-0.05, 0) is 54.8 Å². The average molecular weight is 362 g/mol. The van der Waals surface area contributed by atoms with Crippen molar-refractivity contribution in [2.45, 2.75) is 30.8 Å². The van der Waals surface area contributed by atoms with Gasteiger partial charge in [-0.25, -0.2) is 4.98 Å². The van der Waals surface area contributed by atoms with E-state index in [1.165, 1.54) is 0 Å². The molecule has 0 radical (unpaired) electrons. The molecule has 5 rings (SSSR count). The quantitative estimate of drug-likeness (QED) is 0.907. The van der Waals surface area contributed by atoms with Gasteiger partial charge in [0.05, 0.1) is 18.1 Å². The van der Waals surface area contributed by atoms with Gasteiger partial charge in [0.15, 0.2) is 0 Å². The zero-order chi connectivity index (χ0) is 18.6. The number of pyridine rings is 1. The smallest absolute Gasteiger partial charge is 0.255 e. The van der Waals surface area contributed by atoms with Crippen molar-refractivity contribution in [1.29, 1.82) is 5.26 Å². The maximum absolute atomic E-state index is 12.5. The van der Waals surface area contributed by atoms with E-state index >= 15 is 0 Å². The minimum atomic E-state index is -0.476. The molecule has 1 aromatic carbocycles. The van der Waals surface area contributed by atoms with Gasteiger partial charge in [-0.15, -0.1) is 0 Å². The van der Waals surface area contributed by atoms with Crippen LogP contribution in [0.15, 0.2) is 30.5 Å². The second kappa shape index (κ2) is 5.75. The first-order valence-electron chi connectivity index (χ1n) is 9.48. The van der Waals surface area contributed by atoms with Crippen LogP contribution in [0.4, 0.5) is 5.82 Å². The number of ether oxygens (including phenoxy) is 1. The number of hydrogen-bond acceptors (Lipinski definition) is 5. The Morgan fingerprint density at radius 1 is 1.37 bits per heavy atom. The first-order chi connectivity index (χ1) is 13.1. The largest absolute Gasteiger partial charge is 0.366 e. The van der Waals surface area contributed by atoms with Gasteiger partial charge in [-0.3, -0.25) is 4.79 Å². The van der Waals surface area contributed by atoms with E-state index in [-0.39, 0.29) is 16.7 Å². The summed E-state index contributed by atoms with van der Waals surface area (Å²) in [5, 5.41) is 14.6. The third kappa shape index (κ3) is 2.61. The summed E-state index contributed by atoms with van der Waals surface area (Å²) in [5.74, 6) is 0.349. The van der Waals surface area contributed by atoms with Crippen molar-refractivity contribution >= 4 is 22.5 Å². The van der Waals surface area contributed by atoms with Crippen LogP contribution in [-0.2, 0) is 14.9 Å². The van der Waals surface area contributed by atoms with Gasteiger partial charge in [0.25, 0.3) is 5.91 Å². The monoisotopic (exact) mass is 362 g/mol. The van der Waals surface area contributed by atoms with Gasteiger partial charge < -0.3 is 15.0 Å². The Labute approximate surface area is 158 Å². The predicted octanol–water partition coefficient (Wildman–Crippen LogP) is 2.45. The molecule has 0 unspecified atom stereocenters. The fraction of sp³-hybridized carbons (Fsp3) is 0.476. The molecule has 2 saturated carbocycles. The fourth-order valence-corrected chi connectivity index (χ4v) is 4.47. The summed E-state index contributed by atoms with van der Waals surface area (Å²) < 4.78 is 5.57. The van der Waals surface area contributed by atoms with Gasteiger partial charge >= 0.3 is 0 Å². The van der Waals surface area contributed by atoms with Crippen molar-refractivity contribution in [2.24, 2.45) is 5.41 Å². The highest BCUT2D eigenvalue weighted by Crippen LogP contribution is 2.78. The lowest BCUT2D eigenvalue weighted by Crippen LogP contribution is -2.46. The normalized spacial score (nSPS) is 28.7. The zero-order valence-electron chi connectivity index (χ0n) is 15.4. The van der Waals surface area contributed by atoms with Crippen LogP contribution >= 0.6 is 0 Å². The number of fused-ring (bicyclic) bond motifs is 1. The Bertz CT molecular complexity index is 978. The number of rotatable bonds is 3. The minimum absolute atomic E-state index is 0.169. The fourth-order valence-electron chi connectivity index (χ4n) is 4.47. The molecule has 6 nitrogen and oxygen atoms in total. The van der Waals surface area contributed by atoms with E-state index in [0.717, 1.165) is 42.1 Å². The van der Waals surface area contributed by atoms with E-state index in [9.17, 15) is 10.1 Å². The van der Waals surface area contributed by atoms with Crippen molar-refractivity contribution in [1.82, 2.24) is 9.88 Å². The Hall–Kier alpha value is -2.49. The van der Waals surface area contributed by atoms with E-state index in [2.05, 4.69) is 33.4 Å². The molecule has 3 aliphatic rings. The summed E-state index contributed by atoms with van der Waals surface area (Å²) in [7, 11) is 1.98. The molecule has 2 heterocycles. The molecule has 1 aromatic heterocycles. The first kappa shape index (κ1) is 16.7. The topological polar surface area (TPSA) is 78.2 Å². The molecule has 2 aromatic rings. The van der Waals surface area contributed by atoms with Crippen molar-refractivity contribution in [3.05, 3.63) is 36.0 Å². The summed E-state index contributed by atoms with van der Waals surface area (Å²) in [4.78, 5) is 18.9. The molecule has 138 valence electrons. The van der Waals surface area contributed by atoms with E-state index < -0.39 is 6.10 Å². The molecule has 1 N–H and O–H groups in total. The number of benzene rings is 1. The number of anilines is 1. The second-order valence-corrected chi connectivity index (χ2v) is 8.22.